The van der Waals surface area contributed by atoms with E-state index in [9.17, 15) is 9.59 Å². The molecule has 180 valence electrons. The number of rotatable bonds is 5. The summed E-state index contributed by atoms with van der Waals surface area (Å²) in [7, 11) is 0. The summed E-state index contributed by atoms with van der Waals surface area (Å²) in [5.74, 6) is 1.29. The van der Waals surface area contributed by atoms with E-state index in [1.54, 1.807) is 24.3 Å². The molecule has 2 saturated carbocycles. The predicted octanol–water partition coefficient (Wildman–Crippen LogP) is 6.26. The van der Waals surface area contributed by atoms with Crippen LogP contribution in [0.25, 0.3) is 0 Å². The van der Waals surface area contributed by atoms with Crippen LogP contribution in [0.4, 0.5) is 0 Å². The summed E-state index contributed by atoms with van der Waals surface area (Å²) in [6.07, 6.45) is 5.68. The predicted molar refractivity (Wildman–Crippen MR) is 130 cm³/mol. The van der Waals surface area contributed by atoms with Crippen LogP contribution in [0.15, 0.2) is 36.4 Å². The Morgan fingerprint density at radius 2 is 1.74 bits per heavy atom. The van der Waals surface area contributed by atoms with Crippen molar-refractivity contribution in [1.82, 2.24) is 0 Å². The van der Waals surface area contributed by atoms with E-state index in [4.69, 9.17) is 14.2 Å². The van der Waals surface area contributed by atoms with Gasteiger partial charge in [-0.1, -0.05) is 26.0 Å². The minimum Gasteiger partial charge on any atom is -0.487 e. The van der Waals surface area contributed by atoms with Crippen molar-refractivity contribution < 1.29 is 23.8 Å². The fourth-order valence-corrected chi connectivity index (χ4v) is 5.04. The molecule has 0 radical (unpaired) electrons. The Balaban J connectivity index is 1.33. The first-order valence-corrected chi connectivity index (χ1v) is 12.3. The van der Waals surface area contributed by atoms with Gasteiger partial charge >= 0.3 is 11.9 Å². The molecule has 1 aliphatic heterocycles. The van der Waals surface area contributed by atoms with Crippen LogP contribution in [0, 0.1) is 0 Å². The zero-order valence-corrected chi connectivity index (χ0v) is 20.8. The van der Waals surface area contributed by atoms with Gasteiger partial charge in [-0.25, -0.2) is 4.79 Å². The van der Waals surface area contributed by atoms with Crippen LogP contribution in [0.3, 0.4) is 0 Å². The summed E-state index contributed by atoms with van der Waals surface area (Å²) in [4.78, 5) is 25.2. The van der Waals surface area contributed by atoms with Gasteiger partial charge in [0.05, 0.1) is 12.0 Å². The highest BCUT2D eigenvalue weighted by molar-refractivity contribution is 5.92. The zero-order valence-electron chi connectivity index (χ0n) is 20.8. The summed E-state index contributed by atoms with van der Waals surface area (Å²) in [5, 5.41) is 0. The molecule has 2 aromatic rings. The van der Waals surface area contributed by atoms with Crippen LogP contribution in [-0.2, 0) is 21.4 Å². The third kappa shape index (κ3) is 4.84. The van der Waals surface area contributed by atoms with Crippen molar-refractivity contribution in [2.75, 3.05) is 0 Å². The fraction of sp³-hybridized carbons (Fsp3) is 0.517. The summed E-state index contributed by atoms with van der Waals surface area (Å²) < 4.78 is 17.6. The summed E-state index contributed by atoms with van der Waals surface area (Å²) in [6, 6.07) is 11.0. The molecule has 5 rings (SSSR count). The van der Waals surface area contributed by atoms with Gasteiger partial charge in [0, 0.05) is 5.56 Å². The fourth-order valence-electron chi connectivity index (χ4n) is 5.04. The van der Waals surface area contributed by atoms with E-state index >= 15 is 0 Å². The lowest BCUT2D eigenvalue weighted by Crippen LogP contribution is -2.36. The molecule has 5 heteroatoms. The van der Waals surface area contributed by atoms with E-state index in [1.165, 1.54) is 0 Å². The first-order valence-electron chi connectivity index (χ1n) is 12.3. The number of hydrogen-bond acceptors (Lipinski definition) is 5. The van der Waals surface area contributed by atoms with E-state index in [1.807, 2.05) is 32.9 Å². The SMILES string of the molecule is CC(C)(C)OC(=O)Cc1ccc(OC(=O)c2cc(C3CC3)c3c(c2)C(C)(C)CC2(CC2)O3)cc1. The van der Waals surface area contributed by atoms with E-state index in [-0.39, 0.29) is 29.4 Å². The second-order valence-corrected chi connectivity index (χ2v) is 11.9. The third-order valence-corrected chi connectivity index (χ3v) is 6.89. The van der Waals surface area contributed by atoms with Crippen molar-refractivity contribution >= 4 is 11.9 Å². The molecule has 0 amide bonds. The standard InChI is InChI=1S/C29H34O5/c1-27(2,3)33-24(30)14-18-6-10-21(11-7-18)32-26(31)20-15-22(19-8-9-19)25-23(16-20)28(4,5)17-29(34-25)12-13-29/h6-7,10-11,15-16,19H,8-9,12-14,17H2,1-5H3. The highest BCUT2D eigenvalue weighted by Crippen LogP contribution is 2.58. The second-order valence-electron chi connectivity index (χ2n) is 11.9. The highest BCUT2D eigenvalue weighted by atomic mass is 16.6. The number of ether oxygens (including phenoxy) is 3. The molecular weight excluding hydrogens is 428 g/mol. The monoisotopic (exact) mass is 462 g/mol. The number of benzene rings is 2. The molecule has 34 heavy (non-hydrogen) atoms. The number of carbonyl (C=O) groups excluding carboxylic acids is 2. The zero-order chi connectivity index (χ0) is 24.3. The van der Waals surface area contributed by atoms with Crippen LogP contribution in [0.2, 0.25) is 0 Å². The molecule has 0 atom stereocenters. The molecule has 3 aliphatic rings. The maximum atomic E-state index is 13.1. The lowest BCUT2D eigenvalue weighted by atomic mass is 9.75. The second kappa shape index (κ2) is 7.86. The maximum Gasteiger partial charge on any atom is 0.343 e. The van der Waals surface area contributed by atoms with Crippen molar-refractivity contribution in [3.05, 3.63) is 58.7 Å². The van der Waals surface area contributed by atoms with Crippen molar-refractivity contribution in [3.8, 4) is 11.5 Å². The number of hydrogen-bond donors (Lipinski definition) is 0. The Bertz CT molecular complexity index is 1130. The molecule has 2 aromatic carbocycles. The Morgan fingerprint density at radius 1 is 1.06 bits per heavy atom. The maximum absolute atomic E-state index is 13.1. The number of esters is 2. The summed E-state index contributed by atoms with van der Waals surface area (Å²) >= 11 is 0. The van der Waals surface area contributed by atoms with Crippen LogP contribution in [-0.4, -0.2) is 23.1 Å². The Hall–Kier alpha value is -2.82. The normalized spacial score (nSPS) is 19.7. The lowest BCUT2D eigenvalue weighted by Gasteiger charge is -2.39. The van der Waals surface area contributed by atoms with Gasteiger partial charge in [0.15, 0.2) is 0 Å². The average molecular weight is 463 g/mol. The average Bonchev–Trinajstić information content (AvgIpc) is 3.65. The molecule has 5 nitrogen and oxygen atoms in total. The smallest absolute Gasteiger partial charge is 0.343 e. The molecule has 0 bridgehead atoms. The molecule has 1 heterocycles. The van der Waals surface area contributed by atoms with Gasteiger partial charge in [0.2, 0.25) is 0 Å². The van der Waals surface area contributed by atoms with Crippen molar-refractivity contribution in [3.63, 3.8) is 0 Å². The lowest BCUT2D eigenvalue weighted by molar-refractivity contribution is -0.153. The topological polar surface area (TPSA) is 61.8 Å². The third-order valence-electron chi connectivity index (χ3n) is 6.89. The van der Waals surface area contributed by atoms with Gasteiger partial charge in [0.25, 0.3) is 0 Å². The molecular formula is C29H34O5. The Kier molecular flexibility index (Phi) is 5.30. The van der Waals surface area contributed by atoms with E-state index in [0.29, 0.717) is 17.2 Å². The van der Waals surface area contributed by atoms with Crippen LogP contribution >= 0.6 is 0 Å². The first kappa shape index (κ1) is 22.9. The van der Waals surface area contributed by atoms with Gasteiger partial charge in [-0.2, -0.15) is 0 Å². The van der Waals surface area contributed by atoms with Crippen molar-refractivity contribution in [1.29, 1.82) is 0 Å². The van der Waals surface area contributed by atoms with Gasteiger partial charge in [-0.05, 0) is 99.6 Å². The van der Waals surface area contributed by atoms with Crippen molar-refractivity contribution in [2.45, 2.75) is 95.7 Å². The van der Waals surface area contributed by atoms with Crippen molar-refractivity contribution in [2.24, 2.45) is 0 Å². The van der Waals surface area contributed by atoms with E-state index in [2.05, 4.69) is 13.8 Å². The molecule has 2 aliphatic carbocycles. The van der Waals surface area contributed by atoms with E-state index < -0.39 is 5.60 Å². The van der Waals surface area contributed by atoms with Crippen LogP contribution in [0.5, 0.6) is 11.5 Å². The quantitative estimate of drug-likeness (QED) is 0.388. The van der Waals surface area contributed by atoms with Crippen LogP contribution < -0.4 is 9.47 Å². The van der Waals surface area contributed by atoms with Gasteiger partial charge < -0.3 is 14.2 Å². The first-order chi connectivity index (χ1) is 15.9. The molecule has 1 spiro atoms. The Labute approximate surface area is 201 Å². The summed E-state index contributed by atoms with van der Waals surface area (Å²) in [6.45, 7) is 10.0. The van der Waals surface area contributed by atoms with Gasteiger partial charge in [-0.3, -0.25) is 4.79 Å². The van der Waals surface area contributed by atoms with Gasteiger partial charge in [-0.15, -0.1) is 0 Å². The number of fused-ring (bicyclic) bond motifs is 1. The Morgan fingerprint density at radius 3 is 2.32 bits per heavy atom. The molecule has 0 aromatic heterocycles. The number of carbonyl (C=O) groups is 2. The molecule has 2 fully saturated rings. The highest BCUT2D eigenvalue weighted by Gasteiger charge is 2.54. The minimum atomic E-state index is -0.514. The van der Waals surface area contributed by atoms with E-state index in [0.717, 1.165) is 54.5 Å². The van der Waals surface area contributed by atoms with Crippen LogP contribution in [0.1, 0.15) is 99.7 Å². The minimum absolute atomic E-state index is 0.00319. The largest absolute Gasteiger partial charge is 0.487 e. The summed E-state index contributed by atoms with van der Waals surface area (Å²) in [5.41, 5.74) is 3.11. The molecule has 0 saturated heterocycles. The van der Waals surface area contributed by atoms with Gasteiger partial charge in [0.1, 0.15) is 22.7 Å². The molecule has 0 unspecified atom stereocenters. The molecule has 0 N–H and O–H groups in total.